The van der Waals surface area contributed by atoms with E-state index in [0.29, 0.717) is 12.2 Å². The largest absolute Gasteiger partial charge is 0.507 e. The first kappa shape index (κ1) is 58.8. The van der Waals surface area contributed by atoms with E-state index >= 15 is 0 Å². The fraction of sp³-hybridized carbons (Fsp3) is 0.425. The van der Waals surface area contributed by atoms with Gasteiger partial charge in [-0.3, -0.25) is 64.4 Å². The molecule has 0 aliphatic carbocycles. The third-order valence-corrected chi connectivity index (χ3v) is 9.68. The third-order valence-electron chi connectivity index (χ3n) is 9.68. The van der Waals surface area contributed by atoms with E-state index in [1.807, 2.05) is 0 Å². The topological polar surface area (TPSA) is 501 Å². The SMILES string of the molecule is Cc1cc(O)c(C=O)c2c1C(=O)Oc1c(COC(=O)C=CC(=O)O)c(O)c(C(=O)O)c(C)c1O2.O=C(CC[N+](=O)[O-])OCC1OC(O)C(OC(=O)CC[N+](=O)[O-])C(OC(=O)CC[N+](=O)[O-])C1OC(=O)CC[N+](=O)[O-]. The molecule has 2 aromatic carbocycles. The lowest BCUT2D eigenvalue weighted by Gasteiger charge is -2.42. The van der Waals surface area contributed by atoms with Crippen LogP contribution in [0.25, 0.3) is 0 Å². The Labute approximate surface area is 410 Å². The fourth-order valence-corrected chi connectivity index (χ4v) is 6.36. The zero-order valence-electron chi connectivity index (χ0n) is 38.0. The number of carbonyl (C=O) groups excluding carboxylic acids is 7. The second kappa shape index (κ2) is 26.7. The molecule has 0 spiro atoms. The Morgan fingerprint density at radius 2 is 1.19 bits per heavy atom. The van der Waals surface area contributed by atoms with Crippen molar-refractivity contribution in [1.29, 1.82) is 0 Å². The van der Waals surface area contributed by atoms with Crippen molar-refractivity contribution in [2.24, 2.45) is 0 Å². The third kappa shape index (κ3) is 16.6. The number of aromatic carboxylic acids is 1. The number of benzene rings is 2. The summed E-state index contributed by atoms with van der Waals surface area (Å²) >= 11 is 0. The standard InChI is InChI=1S/C22H16O12.C18H24N4O18/c1-8-5-12(24)10(6-23)19-15(8)22(31)34-20-11(7-32-14(27)4-3-13(25)26)17(28)16(21(29)30)9(2)18(20)33-19;23-11(1-5-19(28)29)36-9-10-15(38-12(24)2-6-20(30)31)16(39-13(25)3-7-21(32)33)17(18(27)37-10)40-14(26)4-8-22(34)35/h3-6,24,28H,7H2,1-2H3,(H,25,26)(H,29,30);10,15-18,27H,1-9H2. The zero-order valence-corrected chi connectivity index (χ0v) is 38.0. The van der Waals surface area contributed by atoms with Gasteiger partial charge in [0.05, 0.1) is 11.1 Å². The minimum Gasteiger partial charge on any atom is -0.507 e. The number of aromatic hydroxyl groups is 2. The van der Waals surface area contributed by atoms with E-state index in [1.165, 1.54) is 13.8 Å². The highest BCUT2D eigenvalue weighted by atomic mass is 16.7. The number of phenolic OH excluding ortho intramolecular Hbond substituents is 1. The Balaban J connectivity index is 0.000000395. The number of aliphatic carboxylic acids is 1. The highest BCUT2D eigenvalue weighted by Crippen LogP contribution is 2.50. The summed E-state index contributed by atoms with van der Waals surface area (Å²) in [6, 6.07) is 1.13. The van der Waals surface area contributed by atoms with Crippen LogP contribution in [0, 0.1) is 54.3 Å². The quantitative estimate of drug-likeness (QED) is 0.0184. The fourth-order valence-electron chi connectivity index (χ4n) is 6.36. The molecule has 5 unspecified atom stereocenters. The molecule has 0 aromatic heterocycles. The molecule has 0 saturated carbocycles. The number of hydrogen-bond acceptors (Lipinski definition) is 28. The molecule has 1 fully saturated rings. The lowest BCUT2D eigenvalue weighted by molar-refractivity contribution is -0.479. The number of aldehydes is 1. The molecule has 34 heteroatoms. The molecule has 4 rings (SSSR count). The van der Waals surface area contributed by atoms with Crippen LogP contribution in [-0.4, -0.2) is 163 Å². The molecular formula is C40H40N4O30. The van der Waals surface area contributed by atoms with Gasteiger partial charge in [0.25, 0.3) is 0 Å². The molecule has 34 nitrogen and oxygen atoms in total. The van der Waals surface area contributed by atoms with Crippen molar-refractivity contribution in [2.45, 2.75) is 76.8 Å². The number of carbonyl (C=O) groups is 9. The van der Waals surface area contributed by atoms with E-state index in [9.17, 15) is 104 Å². The van der Waals surface area contributed by atoms with Crippen LogP contribution in [0.15, 0.2) is 18.2 Å². The van der Waals surface area contributed by atoms with Gasteiger partial charge in [0.2, 0.25) is 26.2 Å². The maximum atomic E-state index is 12.9. The van der Waals surface area contributed by atoms with Crippen LogP contribution in [0.2, 0.25) is 0 Å². The van der Waals surface area contributed by atoms with E-state index < -0.39 is 203 Å². The minimum absolute atomic E-state index is 0.169. The monoisotopic (exact) mass is 1060 g/mol. The Morgan fingerprint density at radius 1 is 0.689 bits per heavy atom. The summed E-state index contributed by atoms with van der Waals surface area (Å²) in [4.78, 5) is 146. The maximum absolute atomic E-state index is 12.9. The number of aryl methyl sites for hydroxylation is 1. The first-order chi connectivity index (χ1) is 34.7. The van der Waals surface area contributed by atoms with E-state index in [2.05, 4.69) is 0 Å². The number of nitrogens with zero attached hydrogens (tertiary/aromatic N) is 4. The summed E-state index contributed by atoms with van der Waals surface area (Å²) in [7, 11) is 0. The normalized spacial score (nSPS) is 17.4. The van der Waals surface area contributed by atoms with Gasteiger partial charge >= 0.3 is 47.8 Å². The van der Waals surface area contributed by atoms with Gasteiger partial charge in [-0.2, -0.15) is 0 Å². The molecule has 2 heterocycles. The Kier molecular flexibility index (Phi) is 21.2. The first-order valence-electron chi connectivity index (χ1n) is 20.6. The van der Waals surface area contributed by atoms with E-state index in [4.69, 9.17) is 43.0 Å². The molecule has 74 heavy (non-hydrogen) atoms. The Hall–Kier alpha value is -9.47. The minimum atomic E-state index is -2.22. The van der Waals surface area contributed by atoms with Gasteiger partial charge in [-0.05, 0) is 25.5 Å². The highest BCUT2D eigenvalue weighted by Gasteiger charge is 2.52. The smallest absolute Gasteiger partial charge is 0.347 e. The lowest BCUT2D eigenvalue weighted by Crippen LogP contribution is -2.62. The molecule has 2 aliphatic rings. The zero-order chi connectivity index (χ0) is 55.7. The maximum Gasteiger partial charge on any atom is 0.347 e. The lowest BCUT2D eigenvalue weighted by atomic mass is 9.98. The van der Waals surface area contributed by atoms with Gasteiger partial charge in [-0.1, -0.05) is 0 Å². The van der Waals surface area contributed by atoms with Crippen LogP contribution in [0.1, 0.15) is 73.4 Å². The summed E-state index contributed by atoms with van der Waals surface area (Å²) < 4.78 is 41.0. The van der Waals surface area contributed by atoms with Crippen molar-refractivity contribution in [3.63, 3.8) is 0 Å². The van der Waals surface area contributed by atoms with Crippen molar-refractivity contribution in [2.75, 3.05) is 32.8 Å². The molecule has 2 aromatic rings. The van der Waals surface area contributed by atoms with Crippen LogP contribution in [0.3, 0.4) is 0 Å². The van der Waals surface area contributed by atoms with E-state index in [-0.39, 0.29) is 28.7 Å². The van der Waals surface area contributed by atoms with Gasteiger partial charge in [0.1, 0.15) is 67.6 Å². The predicted octanol–water partition coefficient (Wildman–Crippen LogP) is -0.116. The van der Waals surface area contributed by atoms with Crippen molar-refractivity contribution < 1.29 is 126 Å². The van der Waals surface area contributed by atoms with Crippen LogP contribution in [0.4, 0.5) is 0 Å². The first-order valence-corrected chi connectivity index (χ1v) is 20.6. The summed E-state index contributed by atoms with van der Waals surface area (Å²) in [5, 5.41) is 91.6. The molecule has 0 amide bonds. The number of nitro groups is 4. The van der Waals surface area contributed by atoms with Crippen molar-refractivity contribution >= 4 is 54.0 Å². The molecule has 0 radical (unpaired) electrons. The number of hydrogen-bond donors (Lipinski definition) is 5. The van der Waals surface area contributed by atoms with Crippen molar-refractivity contribution in [3.05, 3.63) is 92.1 Å². The number of phenols is 2. The Morgan fingerprint density at radius 3 is 1.68 bits per heavy atom. The number of rotatable bonds is 23. The van der Waals surface area contributed by atoms with Gasteiger partial charge in [0.15, 0.2) is 48.1 Å². The van der Waals surface area contributed by atoms with Crippen LogP contribution < -0.4 is 9.47 Å². The van der Waals surface area contributed by atoms with Gasteiger partial charge in [0, 0.05) is 37.4 Å². The molecule has 5 atom stereocenters. The second-order valence-corrected chi connectivity index (χ2v) is 14.8. The molecule has 2 aliphatic heterocycles. The highest BCUT2D eigenvalue weighted by molar-refractivity contribution is 6.03. The molecule has 400 valence electrons. The molecular weight excluding hydrogens is 1020 g/mol. The Bertz CT molecular complexity index is 2650. The van der Waals surface area contributed by atoms with Crippen molar-refractivity contribution in [1.82, 2.24) is 0 Å². The van der Waals surface area contributed by atoms with E-state index in [1.54, 1.807) is 0 Å². The molecule has 1 saturated heterocycles. The van der Waals surface area contributed by atoms with Crippen molar-refractivity contribution in [3.8, 4) is 28.7 Å². The van der Waals surface area contributed by atoms with Crippen LogP contribution in [0.5, 0.6) is 28.7 Å². The number of aliphatic hydroxyl groups excluding tert-OH is 1. The number of aliphatic hydroxyl groups is 1. The average molecular weight is 1060 g/mol. The van der Waals surface area contributed by atoms with Gasteiger partial charge in [-0.25, -0.2) is 19.2 Å². The number of fused-ring (bicyclic) bond motifs is 2. The number of carboxylic acid groups (broad SMARTS) is 2. The number of ether oxygens (including phenoxy) is 8. The second-order valence-electron chi connectivity index (χ2n) is 14.8. The predicted molar refractivity (Wildman–Crippen MR) is 227 cm³/mol. The molecule has 5 N–H and O–H groups in total. The van der Waals surface area contributed by atoms with E-state index in [0.717, 1.165) is 6.07 Å². The van der Waals surface area contributed by atoms with Gasteiger partial charge < -0.3 is 63.4 Å². The summed E-state index contributed by atoms with van der Waals surface area (Å²) in [5.74, 6) is -13.0. The van der Waals surface area contributed by atoms with Crippen LogP contribution >= 0.6 is 0 Å². The van der Waals surface area contributed by atoms with Gasteiger partial charge in [-0.15, -0.1) is 0 Å². The average Bonchev–Trinajstić information content (AvgIpc) is 3.46. The summed E-state index contributed by atoms with van der Waals surface area (Å²) in [6.07, 6.45) is -11.9. The number of esters is 6. The number of carboxylic acids is 2. The van der Waals surface area contributed by atoms with Crippen LogP contribution in [-0.2, 0) is 63.8 Å². The summed E-state index contributed by atoms with van der Waals surface area (Å²) in [6.45, 7) is -2.63. The molecule has 0 bridgehead atoms. The summed E-state index contributed by atoms with van der Waals surface area (Å²) in [5.41, 5.74) is -1.80.